The fourth-order valence-electron chi connectivity index (χ4n) is 5.67. The fraction of sp³-hybridized carbons (Fsp3) is 0.842. The zero-order chi connectivity index (χ0) is 18.9. The number of hydrogen-bond donors (Lipinski definition) is 4. The number of aliphatic hydroxyl groups is 3. The Balaban J connectivity index is 1.74. The number of rotatable bonds is 4. The Labute approximate surface area is 153 Å². The van der Waals surface area contributed by atoms with E-state index in [1.165, 1.54) is 0 Å². The maximum absolute atomic E-state index is 11.9. The molecule has 1 amide bonds. The van der Waals surface area contributed by atoms with E-state index in [-0.39, 0.29) is 24.4 Å². The van der Waals surface area contributed by atoms with Gasteiger partial charge in [-0.05, 0) is 38.0 Å². The molecule has 4 aliphatic rings. The Morgan fingerprint density at radius 3 is 2.35 bits per heavy atom. The van der Waals surface area contributed by atoms with Crippen molar-refractivity contribution < 1.29 is 29.6 Å². The second kappa shape index (κ2) is 5.59. The van der Waals surface area contributed by atoms with Gasteiger partial charge in [-0.15, -0.1) is 0 Å². The van der Waals surface area contributed by atoms with Crippen molar-refractivity contribution in [1.29, 1.82) is 0 Å². The molecule has 4 rings (SSSR count). The van der Waals surface area contributed by atoms with Gasteiger partial charge in [0.2, 0.25) is 5.91 Å². The average molecular weight is 367 g/mol. The van der Waals surface area contributed by atoms with Gasteiger partial charge in [0.05, 0.1) is 19.6 Å². The van der Waals surface area contributed by atoms with Gasteiger partial charge in [-0.3, -0.25) is 4.79 Å². The molecule has 0 aromatic heterocycles. The number of carbonyl (C=O) groups excluding carboxylic acids is 1. The second-order valence-corrected chi connectivity index (χ2v) is 8.95. The highest BCUT2D eigenvalue weighted by molar-refractivity contribution is 5.81. The first-order valence-corrected chi connectivity index (χ1v) is 9.55. The molecule has 3 fully saturated rings. The largest absolute Gasteiger partial charge is 0.497 e. The Kier molecular flexibility index (Phi) is 3.89. The molecule has 0 aromatic rings. The molecule has 7 heteroatoms. The lowest BCUT2D eigenvalue weighted by molar-refractivity contribution is -0.301. The van der Waals surface area contributed by atoms with Crippen molar-refractivity contribution in [3.05, 3.63) is 11.5 Å². The third-order valence-electron chi connectivity index (χ3n) is 6.86. The summed E-state index contributed by atoms with van der Waals surface area (Å²) in [4.78, 5) is 11.9. The highest BCUT2D eigenvalue weighted by Gasteiger charge is 2.72. The molecule has 3 aliphatic carbocycles. The molecule has 0 bridgehead atoms. The van der Waals surface area contributed by atoms with Crippen LogP contribution in [0, 0.1) is 23.2 Å². The van der Waals surface area contributed by atoms with Crippen molar-refractivity contribution in [2.75, 3.05) is 7.11 Å². The summed E-state index contributed by atoms with van der Waals surface area (Å²) in [5.74, 6) is -2.14. The van der Waals surface area contributed by atoms with Crippen molar-refractivity contribution in [3.8, 4) is 0 Å². The molecule has 0 radical (unpaired) electrons. The zero-order valence-electron chi connectivity index (χ0n) is 15.6. The lowest BCUT2D eigenvalue weighted by Gasteiger charge is -2.49. The lowest BCUT2D eigenvalue weighted by Crippen LogP contribution is -2.64. The molecule has 1 heterocycles. The van der Waals surface area contributed by atoms with E-state index in [4.69, 9.17) is 9.47 Å². The van der Waals surface area contributed by atoms with Crippen LogP contribution >= 0.6 is 0 Å². The molecule has 0 spiro atoms. The maximum atomic E-state index is 11.9. The van der Waals surface area contributed by atoms with Crippen LogP contribution in [0.5, 0.6) is 0 Å². The SMILES string of the molecule is COC1=C(OC2CCCC2)C(C)(C)C(C2(O)CC(=O)NC2(O)O)C2CC12. The van der Waals surface area contributed by atoms with Gasteiger partial charge in [0.15, 0.2) is 5.60 Å². The van der Waals surface area contributed by atoms with Crippen LogP contribution in [0.2, 0.25) is 0 Å². The van der Waals surface area contributed by atoms with E-state index in [0.717, 1.165) is 37.9 Å². The van der Waals surface area contributed by atoms with E-state index in [9.17, 15) is 20.1 Å². The van der Waals surface area contributed by atoms with Gasteiger partial charge in [-0.25, -0.2) is 0 Å². The third-order valence-corrected chi connectivity index (χ3v) is 6.86. The van der Waals surface area contributed by atoms with E-state index in [0.29, 0.717) is 5.76 Å². The summed E-state index contributed by atoms with van der Waals surface area (Å²) in [6.07, 6.45) is 4.81. The van der Waals surface area contributed by atoms with Crippen molar-refractivity contribution in [3.63, 3.8) is 0 Å². The van der Waals surface area contributed by atoms with Gasteiger partial charge < -0.3 is 30.1 Å². The summed E-state index contributed by atoms with van der Waals surface area (Å²) in [6, 6.07) is 0. The average Bonchev–Trinajstić information content (AvgIpc) is 3.01. The van der Waals surface area contributed by atoms with Gasteiger partial charge in [0, 0.05) is 17.3 Å². The van der Waals surface area contributed by atoms with E-state index >= 15 is 0 Å². The van der Waals surface area contributed by atoms with Crippen molar-refractivity contribution in [2.45, 2.75) is 70.0 Å². The number of nitrogens with one attached hydrogen (secondary N) is 1. The van der Waals surface area contributed by atoms with E-state index in [2.05, 4.69) is 5.32 Å². The minimum atomic E-state index is -2.65. The van der Waals surface area contributed by atoms with Gasteiger partial charge in [-0.2, -0.15) is 0 Å². The van der Waals surface area contributed by atoms with Crippen LogP contribution in [-0.2, 0) is 14.3 Å². The number of carbonyl (C=O) groups is 1. The molecule has 4 N–H and O–H groups in total. The Hall–Kier alpha value is -1.31. The molecular weight excluding hydrogens is 338 g/mol. The lowest BCUT2D eigenvalue weighted by atomic mass is 9.61. The van der Waals surface area contributed by atoms with Crippen LogP contribution in [0.3, 0.4) is 0 Å². The highest BCUT2D eigenvalue weighted by Crippen LogP contribution is 2.66. The molecule has 1 saturated heterocycles. The minimum Gasteiger partial charge on any atom is -0.497 e. The van der Waals surface area contributed by atoms with E-state index in [1.54, 1.807) is 7.11 Å². The Morgan fingerprint density at radius 2 is 1.81 bits per heavy atom. The first-order valence-electron chi connectivity index (χ1n) is 9.55. The Morgan fingerprint density at radius 1 is 1.15 bits per heavy atom. The van der Waals surface area contributed by atoms with Crippen LogP contribution in [0.15, 0.2) is 11.5 Å². The monoisotopic (exact) mass is 367 g/mol. The van der Waals surface area contributed by atoms with Gasteiger partial charge in [0.1, 0.15) is 11.5 Å². The second-order valence-electron chi connectivity index (χ2n) is 8.95. The van der Waals surface area contributed by atoms with Gasteiger partial charge in [-0.1, -0.05) is 13.8 Å². The first kappa shape index (κ1) is 18.1. The predicted molar refractivity (Wildman–Crippen MR) is 91.1 cm³/mol. The topological polar surface area (TPSA) is 108 Å². The number of methoxy groups -OCH3 is 1. The number of fused-ring (bicyclic) bond motifs is 1. The predicted octanol–water partition coefficient (Wildman–Crippen LogP) is 0.985. The first-order chi connectivity index (χ1) is 12.1. The molecule has 26 heavy (non-hydrogen) atoms. The van der Waals surface area contributed by atoms with E-state index < -0.39 is 28.8 Å². The molecule has 1 aliphatic heterocycles. The van der Waals surface area contributed by atoms with Crippen molar-refractivity contribution in [1.82, 2.24) is 5.32 Å². The summed E-state index contributed by atoms with van der Waals surface area (Å²) in [7, 11) is 1.64. The quantitative estimate of drug-likeness (QED) is 0.552. The maximum Gasteiger partial charge on any atom is 0.277 e. The molecular formula is C19H29NO6. The van der Waals surface area contributed by atoms with E-state index in [1.807, 2.05) is 13.8 Å². The molecule has 4 unspecified atom stereocenters. The molecule has 7 nitrogen and oxygen atoms in total. The van der Waals surface area contributed by atoms with Crippen LogP contribution in [0.4, 0.5) is 0 Å². The van der Waals surface area contributed by atoms with Crippen LogP contribution in [-0.4, -0.2) is 46.0 Å². The number of hydrogen-bond acceptors (Lipinski definition) is 6. The molecule has 4 atom stereocenters. The van der Waals surface area contributed by atoms with Crippen molar-refractivity contribution in [2.24, 2.45) is 23.2 Å². The Bertz CT molecular complexity index is 650. The summed E-state index contributed by atoms with van der Waals surface area (Å²) in [5.41, 5.74) is -2.68. The van der Waals surface area contributed by atoms with Crippen LogP contribution in [0.25, 0.3) is 0 Å². The summed E-state index contributed by atoms with van der Waals surface area (Å²) in [5, 5.41) is 34.2. The minimum absolute atomic E-state index is 0.0206. The fourth-order valence-corrected chi connectivity index (χ4v) is 5.67. The normalized spacial score (nSPS) is 41.0. The van der Waals surface area contributed by atoms with Crippen LogP contribution in [0.1, 0.15) is 52.4 Å². The van der Waals surface area contributed by atoms with Gasteiger partial charge >= 0.3 is 0 Å². The van der Waals surface area contributed by atoms with Crippen LogP contribution < -0.4 is 5.32 Å². The standard InChI is InChI=1S/C19H29NO6/c1-17(2)15(18(22)9-13(21)20-19(18,23)24)12-8-11(12)14(25-3)16(17)26-10-6-4-5-7-10/h10-12,15,22-24H,4-9H2,1-3H3,(H,20,21). The van der Waals surface area contributed by atoms with Crippen molar-refractivity contribution >= 4 is 5.91 Å². The summed E-state index contributed by atoms with van der Waals surface area (Å²) >= 11 is 0. The third kappa shape index (κ3) is 2.40. The number of ether oxygens (including phenoxy) is 2. The summed E-state index contributed by atoms with van der Waals surface area (Å²) < 4.78 is 12.1. The molecule has 0 aromatic carbocycles. The number of allylic oxidation sites excluding steroid dienone is 2. The van der Waals surface area contributed by atoms with Gasteiger partial charge in [0.25, 0.3) is 5.91 Å². The summed E-state index contributed by atoms with van der Waals surface area (Å²) in [6.45, 7) is 3.87. The zero-order valence-corrected chi connectivity index (χ0v) is 15.6. The molecule has 146 valence electrons. The number of amides is 1. The smallest absolute Gasteiger partial charge is 0.277 e. The molecule has 2 saturated carbocycles. The highest BCUT2D eigenvalue weighted by atomic mass is 16.6.